The Bertz CT molecular complexity index is 456. The van der Waals surface area contributed by atoms with E-state index >= 15 is 0 Å². The molecule has 2 amide bonds. The minimum absolute atomic E-state index is 0.0513. The molecule has 0 spiro atoms. The van der Waals surface area contributed by atoms with Gasteiger partial charge in [0, 0.05) is 19.3 Å². The average Bonchev–Trinajstić information content (AvgIpc) is 2.40. The number of anilines is 1. The van der Waals surface area contributed by atoms with E-state index in [9.17, 15) is 9.59 Å². The molecule has 0 aliphatic carbocycles. The second-order valence-corrected chi connectivity index (χ2v) is 4.20. The van der Waals surface area contributed by atoms with Crippen molar-refractivity contribution in [2.24, 2.45) is 0 Å². The predicted octanol–water partition coefficient (Wildman–Crippen LogP) is 1.80. The molecule has 2 heterocycles. The Morgan fingerprint density at radius 2 is 2.00 bits per heavy atom. The molecule has 1 aliphatic rings. The maximum atomic E-state index is 11.9. The zero-order valence-corrected chi connectivity index (χ0v) is 9.93. The highest BCUT2D eigenvalue weighted by Gasteiger charge is 2.18. The van der Waals surface area contributed by atoms with Crippen LogP contribution in [0.5, 0.6) is 0 Å². The number of nitrogens with zero attached hydrogens (tertiary/aromatic N) is 2. The number of carbonyl (C=O) groups is 2. The van der Waals surface area contributed by atoms with Crippen molar-refractivity contribution in [3.8, 4) is 0 Å². The van der Waals surface area contributed by atoms with Gasteiger partial charge in [0.05, 0.1) is 17.4 Å². The van der Waals surface area contributed by atoms with E-state index in [0.29, 0.717) is 13.1 Å². The molecule has 18 heavy (non-hydrogen) atoms. The van der Waals surface area contributed by atoms with Crippen LogP contribution < -0.4 is 5.32 Å². The first-order valence-corrected chi connectivity index (χ1v) is 5.91. The van der Waals surface area contributed by atoms with E-state index in [1.54, 1.807) is 4.90 Å². The quantitative estimate of drug-likeness (QED) is 0.837. The Labute approximate surface area is 105 Å². The number of piperidine rings is 1. The molecule has 6 nitrogen and oxygen atoms in total. The maximum absolute atomic E-state index is 11.9. The first kappa shape index (κ1) is 12.3. The number of carboxylic acid groups (broad SMARTS) is 1. The van der Waals surface area contributed by atoms with Crippen molar-refractivity contribution < 1.29 is 14.7 Å². The fraction of sp³-hybridized carbons (Fsp3) is 0.417. The summed E-state index contributed by atoms with van der Waals surface area (Å²) < 4.78 is 0. The smallest absolute Gasteiger partial charge is 0.337 e. The molecular formula is C12H15N3O3. The lowest BCUT2D eigenvalue weighted by Crippen LogP contribution is -2.39. The van der Waals surface area contributed by atoms with E-state index in [1.807, 2.05) is 0 Å². The summed E-state index contributed by atoms with van der Waals surface area (Å²) in [4.78, 5) is 28.4. The number of aromatic carboxylic acids is 1. The van der Waals surface area contributed by atoms with Crippen molar-refractivity contribution in [1.29, 1.82) is 0 Å². The molecule has 2 rings (SSSR count). The van der Waals surface area contributed by atoms with Gasteiger partial charge in [-0.05, 0) is 25.3 Å². The van der Waals surface area contributed by atoms with Crippen LogP contribution in [0.3, 0.4) is 0 Å². The SMILES string of the molecule is O=C(O)c1ccncc1NC(=O)N1CCCCC1. The second kappa shape index (κ2) is 5.48. The molecule has 0 saturated carbocycles. The Balaban J connectivity index is 2.08. The topological polar surface area (TPSA) is 82.5 Å². The third-order valence-electron chi connectivity index (χ3n) is 2.94. The van der Waals surface area contributed by atoms with E-state index in [2.05, 4.69) is 10.3 Å². The Kier molecular flexibility index (Phi) is 3.76. The van der Waals surface area contributed by atoms with Gasteiger partial charge in [0.15, 0.2) is 0 Å². The fourth-order valence-corrected chi connectivity index (χ4v) is 1.97. The first-order chi connectivity index (χ1) is 8.68. The number of hydrogen-bond acceptors (Lipinski definition) is 3. The normalized spacial score (nSPS) is 15.2. The fourth-order valence-electron chi connectivity index (χ4n) is 1.97. The van der Waals surface area contributed by atoms with Crippen LogP contribution in [0.25, 0.3) is 0 Å². The van der Waals surface area contributed by atoms with Gasteiger partial charge in [-0.15, -0.1) is 0 Å². The number of nitrogens with one attached hydrogen (secondary N) is 1. The molecule has 0 radical (unpaired) electrons. The van der Waals surface area contributed by atoms with E-state index in [1.165, 1.54) is 18.5 Å². The molecule has 0 aromatic carbocycles. The summed E-state index contributed by atoms with van der Waals surface area (Å²) in [5.41, 5.74) is 0.288. The third-order valence-corrected chi connectivity index (χ3v) is 2.94. The van der Waals surface area contributed by atoms with Crippen LogP contribution in [-0.2, 0) is 0 Å². The Morgan fingerprint density at radius 3 is 2.67 bits per heavy atom. The second-order valence-electron chi connectivity index (χ2n) is 4.20. The summed E-state index contributed by atoms with van der Waals surface area (Å²) in [5.74, 6) is -1.08. The summed E-state index contributed by atoms with van der Waals surface area (Å²) in [7, 11) is 0. The summed E-state index contributed by atoms with van der Waals surface area (Å²) >= 11 is 0. The predicted molar refractivity (Wildman–Crippen MR) is 65.6 cm³/mol. The van der Waals surface area contributed by atoms with Gasteiger partial charge in [-0.1, -0.05) is 0 Å². The minimum atomic E-state index is -1.08. The van der Waals surface area contributed by atoms with Gasteiger partial charge in [0.1, 0.15) is 0 Å². The number of carboxylic acids is 1. The van der Waals surface area contributed by atoms with E-state index in [4.69, 9.17) is 5.11 Å². The van der Waals surface area contributed by atoms with Crippen molar-refractivity contribution in [2.45, 2.75) is 19.3 Å². The summed E-state index contributed by atoms with van der Waals surface area (Å²) in [5, 5.41) is 11.6. The highest BCUT2D eigenvalue weighted by molar-refractivity contribution is 5.99. The lowest BCUT2D eigenvalue weighted by Gasteiger charge is -2.26. The van der Waals surface area contributed by atoms with Crippen molar-refractivity contribution in [1.82, 2.24) is 9.88 Å². The summed E-state index contributed by atoms with van der Waals surface area (Å²) in [6.07, 6.45) is 5.86. The molecular weight excluding hydrogens is 234 g/mol. The first-order valence-electron chi connectivity index (χ1n) is 5.91. The van der Waals surface area contributed by atoms with Gasteiger partial charge in [0.2, 0.25) is 0 Å². The van der Waals surface area contributed by atoms with Crippen molar-refractivity contribution in [3.63, 3.8) is 0 Å². The molecule has 2 N–H and O–H groups in total. The standard InChI is InChI=1S/C12H15N3O3/c16-11(17)9-4-5-13-8-10(9)14-12(18)15-6-2-1-3-7-15/h4-5,8H,1-3,6-7H2,(H,14,18)(H,16,17). The van der Waals surface area contributed by atoms with Crippen LogP contribution in [-0.4, -0.2) is 40.1 Å². The largest absolute Gasteiger partial charge is 0.478 e. The zero-order chi connectivity index (χ0) is 13.0. The summed E-state index contributed by atoms with van der Waals surface area (Å²) in [6.45, 7) is 1.43. The van der Waals surface area contributed by atoms with Crippen LogP contribution in [0.4, 0.5) is 10.5 Å². The van der Waals surface area contributed by atoms with Crippen molar-refractivity contribution in [3.05, 3.63) is 24.0 Å². The molecule has 1 aliphatic heterocycles. The minimum Gasteiger partial charge on any atom is -0.478 e. The Hall–Kier alpha value is -2.11. The Morgan fingerprint density at radius 1 is 1.28 bits per heavy atom. The van der Waals surface area contributed by atoms with Crippen LogP contribution >= 0.6 is 0 Å². The van der Waals surface area contributed by atoms with Crippen LogP contribution in [0, 0.1) is 0 Å². The molecule has 1 saturated heterocycles. The number of amides is 2. The van der Waals surface area contributed by atoms with E-state index < -0.39 is 5.97 Å². The van der Waals surface area contributed by atoms with Gasteiger partial charge in [-0.3, -0.25) is 4.98 Å². The lowest BCUT2D eigenvalue weighted by molar-refractivity contribution is 0.0698. The van der Waals surface area contributed by atoms with Gasteiger partial charge in [-0.25, -0.2) is 9.59 Å². The number of pyridine rings is 1. The maximum Gasteiger partial charge on any atom is 0.337 e. The van der Waals surface area contributed by atoms with Crippen molar-refractivity contribution >= 4 is 17.7 Å². The van der Waals surface area contributed by atoms with Crippen LogP contribution in [0.1, 0.15) is 29.6 Å². The van der Waals surface area contributed by atoms with Crippen molar-refractivity contribution in [2.75, 3.05) is 18.4 Å². The van der Waals surface area contributed by atoms with Crippen LogP contribution in [0.2, 0.25) is 0 Å². The molecule has 0 unspecified atom stereocenters. The highest BCUT2D eigenvalue weighted by Crippen LogP contribution is 2.15. The van der Waals surface area contributed by atoms with Gasteiger partial charge >= 0.3 is 12.0 Å². The van der Waals surface area contributed by atoms with Crippen LogP contribution in [0.15, 0.2) is 18.5 Å². The zero-order valence-electron chi connectivity index (χ0n) is 9.93. The molecule has 96 valence electrons. The third kappa shape index (κ3) is 2.77. The molecule has 6 heteroatoms. The monoisotopic (exact) mass is 249 g/mol. The van der Waals surface area contributed by atoms with Gasteiger partial charge in [0.25, 0.3) is 0 Å². The molecule has 1 fully saturated rings. The molecule has 1 aromatic rings. The summed E-state index contributed by atoms with van der Waals surface area (Å²) in [6, 6.07) is 1.11. The number of likely N-dealkylation sites (tertiary alicyclic amines) is 1. The lowest BCUT2D eigenvalue weighted by atomic mass is 10.1. The van der Waals surface area contributed by atoms with Gasteiger partial charge < -0.3 is 15.3 Å². The number of hydrogen-bond donors (Lipinski definition) is 2. The molecule has 1 aromatic heterocycles. The van der Waals surface area contributed by atoms with E-state index in [0.717, 1.165) is 19.3 Å². The number of rotatable bonds is 2. The number of urea groups is 1. The van der Waals surface area contributed by atoms with E-state index in [-0.39, 0.29) is 17.3 Å². The van der Waals surface area contributed by atoms with Gasteiger partial charge in [-0.2, -0.15) is 0 Å². The number of carbonyl (C=O) groups excluding carboxylic acids is 1. The molecule has 0 bridgehead atoms. The highest BCUT2D eigenvalue weighted by atomic mass is 16.4. The number of aromatic nitrogens is 1. The average molecular weight is 249 g/mol. The molecule has 0 atom stereocenters.